The molecular formula is C21H21N3O3. The van der Waals surface area contributed by atoms with E-state index in [0.29, 0.717) is 50.6 Å². The van der Waals surface area contributed by atoms with Crippen molar-refractivity contribution in [3.05, 3.63) is 59.8 Å². The number of likely N-dealkylation sites (tertiary alicyclic amines) is 1. The maximum Gasteiger partial charge on any atom is 0.233 e. The molecule has 2 aromatic rings. The van der Waals surface area contributed by atoms with Crippen LogP contribution in [0.1, 0.15) is 24.0 Å². The van der Waals surface area contributed by atoms with Gasteiger partial charge < -0.3 is 14.4 Å². The van der Waals surface area contributed by atoms with Crippen LogP contribution in [0.15, 0.2) is 48.7 Å². The predicted molar refractivity (Wildman–Crippen MR) is 98.1 cm³/mol. The monoisotopic (exact) mass is 363 g/mol. The topological polar surface area (TPSA) is 75.5 Å². The Bertz CT molecular complexity index is 850. The van der Waals surface area contributed by atoms with Crippen molar-refractivity contribution in [1.82, 2.24) is 9.88 Å². The maximum absolute atomic E-state index is 13.4. The normalized spacial score (nSPS) is 19.0. The van der Waals surface area contributed by atoms with E-state index in [2.05, 4.69) is 11.1 Å². The molecule has 1 aromatic carbocycles. The van der Waals surface area contributed by atoms with Crippen LogP contribution in [0.5, 0.6) is 5.88 Å². The summed E-state index contributed by atoms with van der Waals surface area (Å²) in [7, 11) is 0. The predicted octanol–water partition coefficient (Wildman–Crippen LogP) is 2.29. The Morgan fingerprint density at radius 1 is 1.19 bits per heavy atom. The molecule has 0 radical (unpaired) electrons. The fourth-order valence-corrected chi connectivity index (χ4v) is 3.81. The molecule has 0 bridgehead atoms. The van der Waals surface area contributed by atoms with E-state index in [1.165, 1.54) is 0 Å². The number of rotatable bonds is 4. The zero-order valence-electron chi connectivity index (χ0n) is 15.0. The van der Waals surface area contributed by atoms with Gasteiger partial charge in [-0.3, -0.25) is 4.79 Å². The van der Waals surface area contributed by atoms with Crippen LogP contribution in [0.4, 0.5) is 0 Å². The van der Waals surface area contributed by atoms with Gasteiger partial charge in [-0.1, -0.05) is 30.3 Å². The minimum atomic E-state index is -0.521. The molecule has 1 aromatic heterocycles. The molecule has 0 N–H and O–H groups in total. The van der Waals surface area contributed by atoms with Crippen molar-refractivity contribution in [1.29, 1.82) is 5.26 Å². The highest BCUT2D eigenvalue weighted by atomic mass is 16.5. The Morgan fingerprint density at radius 2 is 1.93 bits per heavy atom. The SMILES string of the molecule is N#Cc1cccnc1OC1CN(C(=O)C2(c3ccccc3)CCOCC2)C1. The molecule has 27 heavy (non-hydrogen) atoms. The van der Waals surface area contributed by atoms with Gasteiger partial charge in [-0.15, -0.1) is 0 Å². The van der Waals surface area contributed by atoms with Crippen LogP contribution in [0.3, 0.4) is 0 Å². The van der Waals surface area contributed by atoms with Gasteiger partial charge in [0.25, 0.3) is 0 Å². The second-order valence-electron chi connectivity index (χ2n) is 6.98. The molecule has 2 aliphatic rings. The lowest BCUT2D eigenvalue weighted by atomic mass is 9.72. The third-order valence-corrected chi connectivity index (χ3v) is 5.39. The summed E-state index contributed by atoms with van der Waals surface area (Å²) in [5, 5.41) is 9.15. The third kappa shape index (κ3) is 3.26. The molecule has 2 fully saturated rings. The summed E-state index contributed by atoms with van der Waals surface area (Å²) in [4.78, 5) is 19.3. The third-order valence-electron chi connectivity index (χ3n) is 5.39. The van der Waals surface area contributed by atoms with E-state index in [1.54, 1.807) is 18.3 Å². The van der Waals surface area contributed by atoms with Crippen LogP contribution in [0.2, 0.25) is 0 Å². The Morgan fingerprint density at radius 3 is 2.63 bits per heavy atom. The largest absolute Gasteiger partial charge is 0.470 e. The first kappa shape index (κ1) is 17.5. The fraction of sp³-hybridized carbons (Fsp3) is 0.381. The van der Waals surface area contributed by atoms with E-state index in [0.717, 1.165) is 5.56 Å². The number of aromatic nitrogens is 1. The van der Waals surface area contributed by atoms with Crippen molar-refractivity contribution >= 4 is 5.91 Å². The first-order valence-electron chi connectivity index (χ1n) is 9.17. The van der Waals surface area contributed by atoms with Gasteiger partial charge in [0, 0.05) is 19.4 Å². The number of carbonyl (C=O) groups is 1. The summed E-state index contributed by atoms with van der Waals surface area (Å²) in [5.74, 6) is 0.472. The number of carbonyl (C=O) groups excluding carboxylic acids is 1. The van der Waals surface area contributed by atoms with Gasteiger partial charge >= 0.3 is 0 Å². The molecule has 2 saturated heterocycles. The van der Waals surface area contributed by atoms with E-state index in [1.807, 2.05) is 35.2 Å². The van der Waals surface area contributed by atoms with Crippen molar-refractivity contribution in [2.24, 2.45) is 0 Å². The van der Waals surface area contributed by atoms with Crippen LogP contribution in [0, 0.1) is 11.3 Å². The number of hydrogen-bond acceptors (Lipinski definition) is 5. The standard InChI is InChI=1S/C21H21N3O3/c22-13-16-5-4-10-23-19(16)27-18-14-24(15-18)20(25)21(8-11-26-12-9-21)17-6-2-1-3-7-17/h1-7,10,18H,8-9,11-12,14-15H2. The molecular weight excluding hydrogens is 342 g/mol. The highest BCUT2D eigenvalue weighted by molar-refractivity contribution is 5.89. The zero-order chi connectivity index (χ0) is 18.7. The van der Waals surface area contributed by atoms with Gasteiger partial charge in [-0.25, -0.2) is 4.98 Å². The van der Waals surface area contributed by atoms with Crippen molar-refractivity contribution < 1.29 is 14.3 Å². The first-order valence-corrected chi connectivity index (χ1v) is 9.17. The van der Waals surface area contributed by atoms with Crippen LogP contribution in [0.25, 0.3) is 0 Å². The van der Waals surface area contributed by atoms with E-state index in [4.69, 9.17) is 14.7 Å². The smallest absolute Gasteiger partial charge is 0.233 e. The average molecular weight is 363 g/mol. The summed E-state index contributed by atoms with van der Waals surface area (Å²) < 4.78 is 11.3. The highest BCUT2D eigenvalue weighted by Crippen LogP contribution is 2.38. The maximum atomic E-state index is 13.4. The van der Waals surface area contributed by atoms with Gasteiger partial charge in [0.2, 0.25) is 11.8 Å². The molecule has 0 spiro atoms. The Hall–Kier alpha value is -2.91. The quantitative estimate of drug-likeness (QED) is 0.833. The fourth-order valence-electron chi connectivity index (χ4n) is 3.81. The molecule has 6 heteroatoms. The molecule has 0 unspecified atom stereocenters. The Balaban J connectivity index is 1.46. The number of hydrogen-bond donors (Lipinski definition) is 0. The van der Waals surface area contributed by atoms with E-state index in [9.17, 15) is 4.79 Å². The summed E-state index contributed by atoms with van der Waals surface area (Å²) >= 11 is 0. The van der Waals surface area contributed by atoms with Crippen molar-refractivity contribution in [2.75, 3.05) is 26.3 Å². The number of ether oxygens (including phenoxy) is 2. The van der Waals surface area contributed by atoms with Crippen LogP contribution in [-0.2, 0) is 14.9 Å². The second kappa shape index (κ2) is 7.37. The minimum absolute atomic E-state index is 0.136. The van der Waals surface area contributed by atoms with Crippen molar-refractivity contribution in [2.45, 2.75) is 24.4 Å². The lowest BCUT2D eigenvalue weighted by molar-refractivity contribution is -0.150. The first-order chi connectivity index (χ1) is 13.2. The Labute approximate surface area is 158 Å². The van der Waals surface area contributed by atoms with Gasteiger partial charge in [-0.2, -0.15) is 5.26 Å². The number of nitrogens with zero attached hydrogens (tertiary/aromatic N) is 3. The lowest BCUT2D eigenvalue weighted by Crippen LogP contribution is -2.61. The molecule has 0 aliphatic carbocycles. The minimum Gasteiger partial charge on any atom is -0.470 e. The van der Waals surface area contributed by atoms with Crippen LogP contribution < -0.4 is 4.74 Å². The molecule has 2 aliphatic heterocycles. The second-order valence-corrected chi connectivity index (χ2v) is 6.98. The van der Waals surface area contributed by atoms with Crippen LogP contribution in [-0.4, -0.2) is 48.2 Å². The molecule has 6 nitrogen and oxygen atoms in total. The Kier molecular flexibility index (Phi) is 4.78. The lowest BCUT2D eigenvalue weighted by Gasteiger charge is -2.46. The number of amides is 1. The number of pyridine rings is 1. The van der Waals surface area contributed by atoms with E-state index in [-0.39, 0.29) is 12.0 Å². The van der Waals surface area contributed by atoms with Crippen LogP contribution >= 0.6 is 0 Å². The van der Waals surface area contributed by atoms with Gasteiger partial charge in [0.05, 0.1) is 18.5 Å². The van der Waals surface area contributed by atoms with E-state index < -0.39 is 5.41 Å². The van der Waals surface area contributed by atoms with Gasteiger partial charge in [0.15, 0.2) is 0 Å². The summed E-state index contributed by atoms with van der Waals surface area (Å²) in [5.41, 5.74) is 0.944. The van der Waals surface area contributed by atoms with Crippen molar-refractivity contribution in [3.63, 3.8) is 0 Å². The summed E-state index contributed by atoms with van der Waals surface area (Å²) in [6.07, 6.45) is 2.85. The van der Waals surface area contributed by atoms with Crippen molar-refractivity contribution in [3.8, 4) is 11.9 Å². The highest BCUT2D eigenvalue weighted by Gasteiger charge is 2.47. The molecule has 0 saturated carbocycles. The molecule has 0 atom stereocenters. The summed E-state index contributed by atoms with van der Waals surface area (Å²) in [6.45, 7) is 2.20. The van der Waals surface area contributed by atoms with Gasteiger partial charge in [-0.05, 0) is 30.5 Å². The average Bonchev–Trinajstić information content (AvgIpc) is 2.71. The molecule has 4 rings (SSSR count). The molecule has 138 valence electrons. The molecule has 3 heterocycles. The zero-order valence-corrected chi connectivity index (χ0v) is 15.0. The molecule has 1 amide bonds. The number of benzene rings is 1. The van der Waals surface area contributed by atoms with Gasteiger partial charge in [0.1, 0.15) is 17.7 Å². The van der Waals surface area contributed by atoms with E-state index >= 15 is 0 Å². The number of nitriles is 1. The summed E-state index contributed by atoms with van der Waals surface area (Å²) in [6, 6.07) is 15.4.